The number of nitrogens with zero attached hydrogens (tertiary/aromatic N) is 1. The summed E-state index contributed by atoms with van der Waals surface area (Å²) >= 11 is 0. The quantitative estimate of drug-likeness (QED) is 0.486. The van der Waals surface area contributed by atoms with Gasteiger partial charge in [-0.15, -0.1) is 0 Å². The van der Waals surface area contributed by atoms with E-state index in [1.807, 2.05) is 19.1 Å². The van der Waals surface area contributed by atoms with Gasteiger partial charge in [0.05, 0.1) is 6.10 Å². The van der Waals surface area contributed by atoms with E-state index in [2.05, 4.69) is 24.6 Å². The molecule has 0 bridgehead atoms. The molecule has 0 aliphatic heterocycles. The maximum atomic E-state index is 9.80. The van der Waals surface area contributed by atoms with Crippen molar-refractivity contribution in [3.63, 3.8) is 0 Å². The predicted molar refractivity (Wildman–Crippen MR) is 55.5 cm³/mol. The van der Waals surface area contributed by atoms with Gasteiger partial charge >= 0.3 is 0 Å². The van der Waals surface area contributed by atoms with Crippen molar-refractivity contribution in [3.05, 3.63) is 0 Å². The molecule has 2 unspecified atom stereocenters. The third kappa shape index (κ3) is 4.57. The average Bonchev–Trinajstić information content (AvgIpc) is 2.16. The summed E-state index contributed by atoms with van der Waals surface area (Å²) in [6, 6.07) is 0.183. The van der Waals surface area contributed by atoms with Crippen LogP contribution in [0.1, 0.15) is 20.3 Å². The number of likely N-dealkylation sites (N-methyl/N-ethyl adjacent to an activating group) is 2. The van der Waals surface area contributed by atoms with E-state index in [1.54, 1.807) is 0 Å². The third-order valence-corrected chi connectivity index (χ3v) is 2.38. The van der Waals surface area contributed by atoms with Crippen LogP contribution in [0, 0.1) is 0 Å². The van der Waals surface area contributed by atoms with Crippen LogP contribution in [-0.4, -0.2) is 49.4 Å². The van der Waals surface area contributed by atoms with Crippen LogP contribution in [0.3, 0.4) is 0 Å². The molecule has 0 aliphatic carbocycles. The number of hydrogen-bond donors (Lipinski definition) is 3. The van der Waals surface area contributed by atoms with E-state index >= 15 is 0 Å². The van der Waals surface area contributed by atoms with Gasteiger partial charge in [0.15, 0.2) is 0 Å². The highest BCUT2D eigenvalue weighted by molar-refractivity contribution is 4.74. The van der Waals surface area contributed by atoms with Gasteiger partial charge in [0.2, 0.25) is 0 Å². The minimum absolute atomic E-state index is 0.183. The molecule has 4 heteroatoms. The molecule has 0 rings (SSSR count). The van der Waals surface area contributed by atoms with Crippen LogP contribution in [0.2, 0.25) is 0 Å². The fourth-order valence-corrected chi connectivity index (χ4v) is 1.40. The Morgan fingerprint density at radius 2 is 1.92 bits per heavy atom. The molecule has 0 saturated heterocycles. The van der Waals surface area contributed by atoms with Crippen molar-refractivity contribution in [2.45, 2.75) is 32.4 Å². The molecular formula is C9H23N3O. The molecule has 0 fully saturated rings. The van der Waals surface area contributed by atoms with Crippen molar-refractivity contribution in [2.75, 3.05) is 27.2 Å². The topological polar surface area (TPSA) is 47.5 Å². The molecule has 0 saturated carbocycles. The van der Waals surface area contributed by atoms with Crippen LogP contribution in [0.5, 0.6) is 0 Å². The van der Waals surface area contributed by atoms with Gasteiger partial charge in [0.25, 0.3) is 0 Å². The van der Waals surface area contributed by atoms with Crippen LogP contribution in [-0.2, 0) is 0 Å². The fourth-order valence-electron chi connectivity index (χ4n) is 1.40. The first-order chi connectivity index (χ1) is 6.19. The summed E-state index contributed by atoms with van der Waals surface area (Å²) in [5, 5.41) is 14.9. The molecule has 0 heterocycles. The van der Waals surface area contributed by atoms with E-state index in [0.29, 0.717) is 6.54 Å². The zero-order chi connectivity index (χ0) is 10.3. The molecule has 0 aromatic rings. The standard InChI is InChI=1S/C9H23N3O/c1-5-8(10-3)9(13)7-12(6-2)11-4/h8-11,13H,5-7H2,1-4H3. The van der Waals surface area contributed by atoms with E-state index < -0.39 is 0 Å². The molecule has 0 aliphatic rings. The number of aliphatic hydroxyl groups is 1. The molecule has 0 radical (unpaired) electrons. The monoisotopic (exact) mass is 189 g/mol. The van der Waals surface area contributed by atoms with Gasteiger partial charge in [-0.05, 0) is 20.5 Å². The molecule has 0 aromatic carbocycles. The third-order valence-electron chi connectivity index (χ3n) is 2.38. The second-order valence-electron chi connectivity index (χ2n) is 3.13. The molecular weight excluding hydrogens is 166 g/mol. The van der Waals surface area contributed by atoms with Crippen LogP contribution in [0.25, 0.3) is 0 Å². The molecule has 0 spiro atoms. The van der Waals surface area contributed by atoms with Gasteiger partial charge < -0.3 is 10.4 Å². The first-order valence-electron chi connectivity index (χ1n) is 4.97. The van der Waals surface area contributed by atoms with Crippen LogP contribution >= 0.6 is 0 Å². The smallest absolute Gasteiger partial charge is 0.0833 e. The highest BCUT2D eigenvalue weighted by atomic mass is 16.3. The summed E-state index contributed by atoms with van der Waals surface area (Å²) < 4.78 is 0. The molecule has 0 amide bonds. The van der Waals surface area contributed by atoms with E-state index in [1.165, 1.54) is 0 Å². The lowest BCUT2D eigenvalue weighted by atomic mass is 10.1. The number of hydrogen-bond acceptors (Lipinski definition) is 4. The molecule has 80 valence electrons. The lowest BCUT2D eigenvalue weighted by Gasteiger charge is -2.27. The molecule has 4 nitrogen and oxygen atoms in total. The Bertz CT molecular complexity index is 113. The zero-order valence-corrected chi connectivity index (χ0v) is 9.17. The second-order valence-corrected chi connectivity index (χ2v) is 3.13. The van der Waals surface area contributed by atoms with Crippen molar-refractivity contribution in [1.29, 1.82) is 0 Å². The van der Waals surface area contributed by atoms with Gasteiger partial charge in [-0.3, -0.25) is 5.43 Å². The van der Waals surface area contributed by atoms with Crippen LogP contribution in [0.4, 0.5) is 0 Å². The van der Waals surface area contributed by atoms with Crippen molar-refractivity contribution in [2.24, 2.45) is 0 Å². The zero-order valence-electron chi connectivity index (χ0n) is 9.17. The van der Waals surface area contributed by atoms with Crippen LogP contribution < -0.4 is 10.7 Å². The predicted octanol–water partition coefficient (Wildman–Crippen LogP) is -0.198. The maximum Gasteiger partial charge on any atom is 0.0833 e. The largest absolute Gasteiger partial charge is 0.390 e. The summed E-state index contributed by atoms with van der Waals surface area (Å²) in [5.41, 5.74) is 3.03. The molecule has 0 aromatic heterocycles. The van der Waals surface area contributed by atoms with Crippen molar-refractivity contribution in [1.82, 2.24) is 15.8 Å². The van der Waals surface area contributed by atoms with Crippen molar-refractivity contribution in [3.8, 4) is 0 Å². The number of nitrogens with one attached hydrogen (secondary N) is 2. The van der Waals surface area contributed by atoms with Crippen LogP contribution in [0.15, 0.2) is 0 Å². The molecule has 13 heavy (non-hydrogen) atoms. The summed E-state index contributed by atoms with van der Waals surface area (Å²) in [5.74, 6) is 0. The Morgan fingerprint density at radius 1 is 1.31 bits per heavy atom. The van der Waals surface area contributed by atoms with Gasteiger partial charge in [0, 0.05) is 19.1 Å². The number of aliphatic hydroxyl groups excluding tert-OH is 1. The van der Waals surface area contributed by atoms with E-state index in [-0.39, 0.29) is 12.1 Å². The van der Waals surface area contributed by atoms with E-state index in [4.69, 9.17) is 0 Å². The van der Waals surface area contributed by atoms with Crippen molar-refractivity contribution >= 4 is 0 Å². The van der Waals surface area contributed by atoms with E-state index in [0.717, 1.165) is 13.0 Å². The Labute approximate surface area is 81.3 Å². The molecule has 3 N–H and O–H groups in total. The minimum Gasteiger partial charge on any atom is -0.390 e. The first kappa shape index (κ1) is 12.8. The lowest BCUT2D eigenvalue weighted by molar-refractivity contribution is 0.0645. The fraction of sp³-hybridized carbons (Fsp3) is 1.00. The van der Waals surface area contributed by atoms with Gasteiger partial charge in [-0.1, -0.05) is 13.8 Å². The number of hydrazine groups is 1. The Hall–Kier alpha value is -0.160. The number of rotatable bonds is 7. The second kappa shape index (κ2) is 7.26. The molecule has 2 atom stereocenters. The highest BCUT2D eigenvalue weighted by Crippen LogP contribution is 1.99. The van der Waals surface area contributed by atoms with Gasteiger partial charge in [-0.25, -0.2) is 5.01 Å². The Kier molecular flexibility index (Phi) is 7.17. The normalized spacial score (nSPS) is 16.2. The maximum absolute atomic E-state index is 9.80. The Balaban J connectivity index is 3.87. The summed E-state index contributed by atoms with van der Waals surface area (Å²) in [7, 11) is 3.75. The van der Waals surface area contributed by atoms with E-state index in [9.17, 15) is 5.11 Å². The highest BCUT2D eigenvalue weighted by Gasteiger charge is 2.17. The lowest BCUT2D eigenvalue weighted by Crippen LogP contribution is -2.48. The van der Waals surface area contributed by atoms with Gasteiger partial charge in [-0.2, -0.15) is 0 Å². The first-order valence-corrected chi connectivity index (χ1v) is 4.97. The summed E-state index contributed by atoms with van der Waals surface area (Å²) in [4.78, 5) is 0. The summed E-state index contributed by atoms with van der Waals surface area (Å²) in [6.07, 6.45) is 0.626. The van der Waals surface area contributed by atoms with Crippen molar-refractivity contribution < 1.29 is 5.11 Å². The minimum atomic E-state index is -0.317. The Morgan fingerprint density at radius 3 is 2.23 bits per heavy atom. The SMILES string of the molecule is CCC(NC)C(O)CN(CC)NC. The summed E-state index contributed by atoms with van der Waals surface area (Å²) in [6.45, 7) is 5.68. The average molecular weight is 189 g/mol. The van der Waals surface area contributed by atoms with Gasteiger partial charge in [0.1, 0.15) is 0 Å².